The maximum Gasteiger partial charge on any atom is 0.317 e. The van der Waals surface area contributed by atoms with Crippen molar-refractivity contribution in [3.8, 4) is 5.75 Å². The number of nitrogens with zero attached hydrogens (tertiary/aromatic N) is 2. The van der Waals surface area contributed by atoms with Gasteiger partial charge in [-0.25, -0.2) is 4.79 Å². The highest BCUT2D eigenvalue weighted by Gasteiger charge is 2.14. The van der Waals surface area contributed by atoms with E-state index in [2.05, 4.69) is 10.3 Å². The van der Waals surface area contributed by atoms with Gasteiger partial charge in [0.2, 0.25) is 0 Å². The molecule has 0 aliphatic carbocycles. The van der Waals surface area contributed by atoms with Gasteiger partial charge in [0.05, 0.1) is 6.54 Å². The minimum Gasteiger partial charge on any atom is -0.508 e. The molecular formula is C18H23N3O2. The first-order chi connectivity index (χ1) is 11.2. The van der Waals surface area contributed by atoms with Crippen LogP contribution in [0.2, 0.25) is 0 Å². The van der Waals surface area contributed by atoms with Gasteiger partial charge in [0.1, 0.15) is 5.75 Å². The molecule has 1 aromatic carbocycles. The molecule has 0 atom stereocenters. The van der Waals surface area contributed by atoms with Crippen molar-refractivity contribution in [2.45, 2.75) is 26.3 Å². The zero-order chi connectivity index (χ0) is 16.5. The number of hydrogen-bond donors (Lipinski definition) is 2. The van der Waals surface area contributed by atoms with E-state index in [9.17, 15) is 9.90 Å². The first kappa shape index (κ1) is 16.8. The molecule has 0 aliphatic heterocycles. The molecule has 0 radical (unpaired) electrons. The van der Waals surface area contributed by atoms with Crippen LogP contribution in [-0.4, -0.2) is 34.1 Å². The Balaban J connectivity index is 1.89. The van der Waals surface area contributed by atoms with E-state index in [0.29, 0.717) is 26.1 Å². The van der Waals surface area contributed by atoms with Crippen molar-refractivity contribution in [3.05, 3.63) is 59.9 Å². The number of hydrogen-bond acceptors (Lipinski definition) is 3. The number of nitrogens with one attached hydrogen (secondary N) is 1. The topological polar surface area (TPSA) is 65.5 Å². The van der Waals surface area contributed by atoms with E-state index in [1.54, 1.807) is 23.2 Å². The van der Waals surface area contributed by atoms with Crippen molar-refractivity contribution >= 4 is 6.03 Å². The van der Waals surface area contributed by atoms with Gasteiger partial charge in [-0.05, 0) is 24.6 Å². The Labute approximate surface area is 137 Å². The summed E-state index contributed by atoms with van der Waals surface area (Å²) >= 11 is 0. The summed E-state index contributed by atoms with van der Waals surface area (Å²) in [5, 5.41) is 12.8. The van der Waals surface area contributed by atoms with Crippen molar-refractivity contribution in [2.75, 3.05) is 13.1 Å². The Morgan fingerprint density at radius 1 is 1.22 bits per heavy atom. The number of aromatic hydroxyl groups is 1. The van der Waals surface area contributed by atoms with Gasteiger partial charge < -0.3 is 15.3 Å². The van der Waals surface area contributed by atoms with Crippen molar-refractivity contribution in [1.82, 2.24) is 15.2 Å². The lowest BCUT2D eigenvalue weighted by molar-refractivity contribution is 0.194. The van der Waals surface area contributed by atoms with E-state index >= 15 is 0 Å². The molecule has 0 saturated heterocycles. The molecule has 1 aromatic heterocycles. The van der Waals surface area contributed by atoms with Crippen LogP contribution in [0, 0.1) is 0 Å². The van der Waals surface area contributed by atoms with Gasteiger partial charge in [0, 0.05) is 37.0 Å². The number of carbonyl (C=O) groups excluding carboxylic acids is 1. The predicted octanol–water partition coefficient (Wildman–Crippen LogP) is 2.95. The Kier molecular flexibility index (Phi) is 6.41. The minimum atomic E-state index is -0.119. The van der Waals surface area contributed by atoms with E-state index in [4.69, 9.17) is 0 Å². The second-order valence-corrected chi connectivity index (χ2v) is 5.35. The van der Waals surface area contributed by atoms with E-state index < -0.39 is 0 Å². The highest BCUT2D eigenvalue weighted by atomic mass is 16.3. The van der Waals surface area contributed by atoms with Gasteiger partial charge in [-0.3, -0.25) is 4.98 Å². The van der Waals surface area contributed by atoms with Crippen LogP contribution in [0.3, 0.4) is 0 Å². The zero-order valence-corrected chi connectivity index (χ0v) is 13.4. The largest absolute Gasteiger partial charge is 0.508 e. The third-order valence-corrected chi connectivity index (χ3v) is 3.52. The van der Waals surface area contributed by atoms with Crippen LogP contribution in [0.4, 0.5) is 4.79 Å². The molecule has 0 spiro atoms. The standard InChI is InChI=1S/C18H23N3O2/c1-2-13-21(14-15-7-3-4-9-17(15)22)18(23)20-12-10-16-8-5-6-11-19-16/h3-9,11,22H,2,10,12-14H2,1H3,(H,20,23). The van der Waals surface area contributed by atoms with Crippen molar-refractivity contribution < 1.29 is 9.90 Å². The van der Waals surface area contributed by atoms with Crippen LogP contribution < -0.4 is 5.32 Å². The highest BCUT2D eigenvalue weighted by molar-refractivity contribution is 5.74. The SMILES string of the molecule is CCCN(Cc1ccccc1O)C(=O)NCCc1ccccn1. The second kappa shape index (κ2) is 8.78. The summed E-state index contributed by atoms with van der Waals surface area (Å²) in [6.07, 6.45) is 3.31. The van der Waals surface area contributed by atoms with Crippen LogP contribution in [0.15, 0.2) is 48.7 Å². The minimum absolute atomic E-state index is 0.119. The van der Waals surface area contributed by atoms with E-state index in [1.807, 2.05) is 37.3 Å². The number of phenols is 1. The number of rotatable bonds is 7. The fourth-order valence-electron chi connectivity index (χ4n) is 2.33. The summed E-state index contributed by atoms with van der Waals surface area (Å²) in [4.78, 5) is 18.3. The molecule has 2 amide bonds. The van der Waals surface area contributed by atoms with Gasteiger partial charge in [-0.2, -0.15) is 0 Å². The van der Waals surface area contributed by atoms with E-state index in [1.165, 1.54) is 0 Å². The molecule has 23 heavy (non-hydrogen) atoms. The predicted molar refractivity (Wildman–Crippen MR) is 90.1 cm³/mol. The maximum atomic E-state index is 12.4. The molecule has 2 aromatic rings. The summed E-state index contributed by atoms with van der Waals surface area (Å²) < 4.78 is 0. The van der Waals surface area contributed by atoms with Crippen LogP contribution in [-0.2, 0) is 13.0 Å². The van der Waals surface area contributed by atoms with Gasteiger partial charge >= 0.3 is 6.03 Å². The fourth-order valence-corrected chi connectivity index (χ4v) is 2.33. The average molecular weight is 313 g/mol. The summed E-state index contributed by atoms with van der Waals surface area (Å²) in [5.41, 5.74) is 1.70. The molecule has 122 valence electrons. The molecule has 5 nitrogen and oxygen atoms in total. The monoisotopic (exact) mass is 313 g/mol. The Morgan fingerprint density at radius 2 is 2.00 bits per heavy atom. The Morgan fingerprint density at radius 3 is 2.70 bits per heavy atom. The van der Waals surface area contributed by atoms with E-state index in [-0.39, 0.29) is 11.8 Å². The molecule has 5 heteroatoms. The number of aromatic nitrogens is 1. The molecule has 0 saturated carbocycles. The van der Waals surface area contributed by atoms with Gasteiger partial charge in [0.25, 0.3) is 0 Å². The smallest absolute Gasteiger partial charge is 0.317 e. The first-order valence-corrected chi connectivity index (χ1v) is 7.90. The number of para-hydroxylation sites is 1. The lowest BCUT2D eigenvalue weighted by atomic mass is 10.2. The van der Waals surface area contributed by atoms with E-state index in [0.717, 1.165) is 17.7 Å². The fraction of sp³-hybridized carbons (Fsp3) is 0.333. The maximum absolute atomic E-state index is 12.4. The average Bonchev–Trinajstić information content (AvgIpc) is 2.57. The molecule has 2 N–H and O–H groups in total. The Bertz CT molecular complexity index is 617. The van der Waals surface area contributed by atoms with Crippen molar-refractivity contribution in [1.29, 1.82) is 0 Å². The highest BCUT2D eigenvalue weighted by Crippen LogP contribution is 2.17. The number of urea groups is 1. The number of pyridine rings is 1. The molecule has 1 heterocycles. The molecule has 2 rings (SSSR count). The van der Waals surface area contributed by atoms with Gasteiger partial charge in [-0.1, -0.05) is 31.2 Å². The molecule has 0 bridgehead atoms. The Hall–Kier alpha value is -2.56. The third kappa shape index (κ3) is 5.29. The lowest BCUT2D eigenvalue weighted by Gasteiger charge is -2.23. The van der Waals surface area contributed by atoms with Crippen molar-refractivity contribution in [3.63, 3.8) is 0 Å². The summed E-state index contributed by atoms with van der Waals surface area (Å²) in [7, 11) is 0. The second-order valence-electron chi connectivity index (χ2n) is 5.35. The third-order valence-electron chi connectivity index (χ3n) is 3.52. The molecular weight excluding hydrogens is 290 g/mol. The first-order valence-electron chi connectivity index (χ1n) is 7.90. The van der Waals surface area contributed by atoms with Crippen molar-refractivity contribution in [2.24, 2.45) is 0 Å². The summed E-state index contributed by atoms with van der Waals surface area (Å²) in [6.45, 7) is 3.61. The van der Waals surface area contributed by atoms with Crippen LogP contribution in [0.5, 0.6) is 5.75 Å². The number of carbonyl (C=O) groups is 1. The quantitative estimate of drug-likeness (QED) is 0.826. The number of amides is 2. The van der Waals surface area contributed by atoms with Crippen LogP contribution in [0.25, 0.3) is 0 Å². The summed E-state index contributed by atoms with van der Waals surface area (Å²) in [6, 6.07) is 12.7. The van der Waals surface area contributed by atoms with Gasteiger partial charge in [0.15, 0.2) is 0 Å². The zero-order valence-electron chi connectivity index (χ0n) is 13.4. The molecule has 0 fully saturated rings. The number of phenolic OH excluding ortho intramolecular Hbond substituents is 1. The summed E-state index contributed by atoms with van der Waals surface area (Å²) in [5.74, 6) is 0.217. The normalized spacial score (nSPS) is 10.3. The van der Waals surface area contributed by atoms with Crippen LogP contribution >= 0.6 is 0 Å². The molecule has 0 unspecified atom stereocenters. The number of benzene rings is 1. The van der Waals surface area contributed by atoms with Crippen LogP contribution in [0.1, 0.15) is 24.6 Å². The van der Waals surface area contributed by atoms with Gasteiger partial charge in [-0.15, -0.1) is 0 Å². The molecule has 0 aliphatic rings. The lowest BCUT2D eigenvalue weighted by Crippen LogP contribution is -2.40.